The second-order valence-corrected chi connectivity index (χ2v) is 6.43. The Morgan fingerprint density at radius 2 is 1.57 bits per heavy atom. The van der Waals surface area contributed by atoms with Crippen LogP contribution in [0.25, 0.3) is 0 Å². The highest BCUT2D eigenvalue weighted by Gasteiger charge is 2.39. The van der Waals surface area contributed by atoms with Gasteiger partial charge in [0.1, 0.15) is 6.04 Å². The van der Waals surface area contributed by atoms with Crippen LogP contribution in [0.3, 0.4) is 0 Å². The number of carbonyl (C=O) groups is 2. The highest BCUT2D eigenvalue weighted by atomic mass is 79.9. The molecule has 1 heterocycles. The van der Waals surface area contributed by atoms with E-state index in [2.05, 4.69) is 37.2 Å². The van der Waals surface area contributed by atoms with E-state index in [4.69, 9.17) is 0 Å². The molecule has 1 N–H and O–H groups in total. The van der Waals surface area contributed by atoms with E-state index in [1.807, 2.05) is 36.4 Å². The van der Waals surface area contributed by atoms with Crippen molar-refractivity contribution in [1.82, 2.24) is 5.32 Å². The van der Waals surface area contributed by atoms with E-state index in [-0.39, 0.29) is 5.91 Å². The van der Waals surface area contributed by atoms with Gasteiger partial charge in [0, 0.05) is 8.95 Å². The summed E-state index contributed by atoms with van der Waals surface area (Å²) in [7, 11) is 0. The van der Waals surface area contributed by atoms with E-state index in [0.29, 0.717) is 5.69 Å². The summed E-state index contributed by atoms with van der Waals surface area (Å²) in [5.41, 5.74) is 1.30. The largest absolute Gasteiger partial charge is 0.329 e. The van der Waals surface area contributed by atoms with Crippen molar-refractivity contribution >= 4 is 49.5 Å². The number of benzene rings is 2. The first-order valence-corrected chi connectivity index (χ1v) is 7.80. The molecule has 2 aromatic carbocycles. The zero-order valence-electron chi connectivity index (χ0n) is 10.7. The first-order valence-electron chi connectivity index (χ1n) is 6.22. The predicted molar refractivity (Wildman–Crippen MR) is 87.0 cm³/mol. The van der Waals surface area contributed by atoms with Crippen LogP contribution in [-0.4, -0.2) is 11.9 Å². The Hall–Kier alpha value is -1.66. The molecule has 1 unspecified atom stereocenters. The molecule has 1 fully saturated rings. The monoisotopic (exact) mass is 408 g/mol. The molecule has 0 aliphatic carbocycles. The topological polar surface area (TPSA) is 49.4 Å². The Labute approximate surface area is 138 Å². The molecule has 4 nitrogen and oxygen atoms in total. The van der Waals surface area contributed by atoms with Crippen molar-refractivity contribution in [3.8, 4) is 0 Å². The molecule has 106 valence electrons. The third-order valence-corrected chi connectivity index (χ3v) is 4.09. The van der Waals surface area contributed by atoms with Gasteiger partial charge in [-0.05, 0) is 23.8 Å². The summed E-state index contributed by atoms with van der Waals surface area (Å²) in [6.07, 6.45) is 0. The van der Waals surface area contributed by atoms with E-state index in [9.17, 15) is 9.59 Å². The standard InChI is InChI=1S/C15H10Br2N2O2/c16-10-6-11(17)8-12(7-10)19-14(20)13(18-15(19)21)9-4-2-1-3-5-9/h1-8,13H,(H,18,21). The summed E-state index contributed by atoms with van der Waals surface area (Å²) < 4.78 is 1.58. The smallest absolute Gasteiger partial charge is 0.321 e. The minimum Gasteiger partial charge on any atom is -0.321 e. The third kappa shape index (κ3) is 2.73. The van der Waals surface area contributed by atoms with Crippen molar-refractivity contribution in [1.29, 1.82) is 0 Å². The van der Waals surface area contributed by atoms with Crippen LogP contribution in [-0.2, 0) is 4.79 Å². The first-order chi connectivity index (χ1) is 10.1. The van der Waals surface area contributed by atoms with Crippen LogP contribution >= 0.6 is 31.9 Å². The number of nitrogens with one attached hydrogen (secondary N) is 1. The molecule has 0 saturated carbocycles. The first kappa shape index (κ1) is 14.3. The Morgan fingerprint density at radius 3 is 2.19 bits per heavy atom. The van der Waals surface area contributed by atoms with Gasteiger partial charge in [0.05, 0.1) is 5.69 Å². The summed E-state index contributed by atoms with van der Waals surface area (Å²) in [6.45, 7) is 0. The van der Waals surface area contributed by atoms with Gasteiger partial charge in [-0.15, -0.1) is 0 Å². The lowest BCUT2D eigenvalue weighted by Crippen LogP contribution is -2.30. The molecule has 2 aromatic rings. The second-order valence-electron chi connectivity index (χ2n) is 4.59. The number of halogens is 2. The van der Waals surface area contributed by atoms with Gasteiger partial charge in [-0.25, -0.2) is 9.69 Å². The number of amides is 3. The molecule has 3 amide bonds. The molecule has 3 rings (SSSR count). The zero-order valence-corrected chi connectivity index (χ0v) is 13.9. The predicted octanol–water partition coefficient (Wildman–Crippen LogP) is 4.01. The highest BCUT2D eigenvalue weighted by molar-refractivity contribution is 9.11. The van der Waals surface area contributed by atoms with E-state index in [1.165, 1.54) is 0 Å². The number of carbonyl (C=O) groups excluding carboxylic acids is 2. The fraction of sp³-hybridized carbons (Fsp3) is 0.0667. The zero-order chi connectivity index (χ0) is 15.0. The normalized spacial score (nSPS) is 18.0. The van der Waals surface area contributed by atoms with Crippen LogP contribution in [0.2, 0.25) is 0 Å². The number of nitrogens with zero attached hydrogens (tertiary/aromatic N) is 1. The van der Waals surface area contributed by atoms with Crippen LogP contribution in [0.15, 0.2) is 57.5 Å². The summed E-state index contributed by atoms with van der Waals surface area (Å²) in [5.74, 6) is -0.281. The quantitative estimate of drug-likeness (QED) is 0.761. The number of rotatable bonds is 2. The minimum atomic E-state index is -0.642. The number of hydrogen-bond donors (Lipinski definition) is 1. The molecule has 6 heteroatoms. The van der Waals surface area contributed by atoms with E-state index >= 15 is 0 Å². The molecule has 0 bridgehead atoms. The van der Waals surface area contributed by atoms with E-state index in [0.717, 1.165) is 19.4 Å². The molecule has 1 aliphatic rings. The second kappa shape index (κ2) is 5.61. The molecule has 0 radical (unpaired) electrons. The van der Waals surface area contributed by atoms with Crippen molar-refractivity contribution < 1.29 is 9.59 Å². The van der Waals surface area contributed by atoms with Crippen molar-refractivity contribution in [2.24, 2.45) is 0 Å². The Bertz CT molecular complexity index is 699. The van der Waals surface area contributed by atoms with Crippen molar-refractivity contribution in [2.75, 3.05) is 4.90 Å². The molecule has 0 spiro atoms. The van der Waals surface area contributed by atoms with Gasteiger partial charge in [0.25, 0.3) is 5.91 Å². The molecule has 1 atom stereocenters. The fourth-order valence-corrected chi connectivity index (χ4v) is 3.53. The van der Waals surface area contributed by atoms with Crippen LogP contribution < -0.4 is 10.2 Å². The van der Waals surface area contributed by atoms with Gasteiger partial charge >= 0.3 is 6.03 Å². The molecule has 1 aliphatic heterocycles. The maximum Gasteiger partial charge on any atom is 0.329 e. The molecule has 21 heavy (non-hydrogen) atoms. The van der Waals surface area contributed by atoms with Crippen LogP contribution in [0, 0.1) is 0 Å². The lowest BCUT2D eigenvalue weighted by atomic mass is 10.1. The average Bonchev–Trinajstić information content (AvgIpc) is 2.74. The SMILES string of the molecule is O=C1NC(c2ccccc2)C(=O)N1c1cc(Br)cc(Br)c1. The van der Waals surface area contributed by atoms with Crippen molar-refractivity contribution in [3.63, 3.8) is 0 Å². The van der Waals surface area contributed by atoms with E-state index in [1.54, 1.807) is 12.1 Å². The highest BCUT2D eigenvalue weighted by Crippen LogP contribution is 2.31. The van der Waals surface area contributed by atoms with Crippen LogP contribution in [0.4, 0.5) is 10.5 Å². The summed E-state index contributed by atoms with van der Waals surface area (Å²) in [4.78, 5) is 25.9. The van der Waals surface area contributed by atoms with Gasteiger partial charge in [-0.1, -0.05) is 62.2 Å². The fourth-order valence-electron chi connectivity index (χ4n) is 2.26. The molecule has 1 saturated heterocycles. The maximum atomic E-state index is 12.6. The molecular weight excluding hydrogens is 400 g/mol. The minimum absolute atomic E-state index is 0.281. The third-order valence-electron chi connectivity index (χ3n) is 3.18. The van der Waals surface area contributed by atoms with Gasteiger partial charge in [0.15, 0.2) is 0 Å². The van der Waals surface area contributed by atoms with Crippen molar-refractivity contribution in [2.45, 2.75) is 6.04 Å². The maximum absolute atomic E-state index is 12.6. The van der Waals surface area contributed by atoms with Crippen LogP contribution in [0.5, 0.6) is 0 Å². The number of imide groups is 1. The van der Waals surface area contributed by atoms with Gasteiger partial charge in [0.2, 0.25) is 0 Å². The van der Waals surface area contributed by atoms with E-state index < -0.39 is 12.1 Å². The Morgan fingerprint density at radius 1 is 0.952 bits per heavy atom. The van der Waals surface area contributed by atoms with Crippen molar-refractivity contribution in [3.05, 3.63) is 63.0 Å². The molecular formula is C15H10Br2N2O2. The molecule has 0 aromatic heterocycles. The number of hydrogen-bond acceptors (Lipinski definition) is 2. The Kier molecular flexibility index (Phi) is 3.82. The van der Waals surface area contributed by atoms with Crippen LogP contribution in [0.1, 0.15) is 11.6 Å². The lowest BCUT2D eigenvalue weighted by molar-refractivity contribution is -0.118. The van der Waals surface area contributed by atoms with Gasteiger partial charge < -0.3 is 5.32 Å². The summed E-state index contributed by atoms with van der Waals surface area (Å²) in [5, 5.41) is 2.71. The Balaban J connectivity index is 1.98. The van der Waals surface area contributed by atoms with Gasteiger partial charge in [-0.2, -0.15) is 0 Å². The lowest BCUT2D eigenvalue weighted by Gasteiger charge is -2.14. The number of urea groups is 1. The average molecular weight is 410 g/mol. The number of anilines is 1. The summed E-state index contributed by atoms with van der Waals surface area (Å²) in [6, 6.07) is 13.4. The van der Waals surface area contributed by atoms with Gasteiger partial charge in [-0.3, -0.25) is 4.79 Å². The summed E-state index contributed by atoms with van der Waals surface area (Å²) >= 11 is 6.72.